The van der Waals surface area contributed by atoms with E-state index in [4.69, 9.17) is 5.73 Å². The lowest BCUT2D eigenvalue weighted by Gasteiger charge is -2.37. The van der Waals surface area contributed by atoms with E-state index in [1.807, 2.05) is 0 Å². The Morgan fingerprint density at radius 3 is 2.75 bits per heavy atom. The summed E-state index contributed by atoms with van der Waals surface area (Å²) in [6, 6.07) is 0. The maximum absolute atomic E-state index is 11.8. The van der Waals surface area contributed by atoms with Crippen molar-refractivity contribution in [3.05, 3.63) is 12.5 Å². The van der Waals surface area contributed by atoms with Crippen molar-refractivity contribution < 1.29 is 8.42 Å². The van der Waals surface area contributed by atoms with Crippen molar-refractivity contribution in [2.75, 3.05) is 6.54 Å². The van der Waals surface area contributed by atoms with Gasteiger partial charge in [0.25, 0.3) is 10.0 Å². The second-order valence-corrected chi connectivity index (χ2v) is 6.13. The molecule has 0 spiro atoms. The van der Waals surface area contributed by atoms with Crippen LogP contribution in [0, 0.1) is 0 Å². The Hall–Kier alpha value is -0.920. The quantitative estimate of drug-likeness (QED) is 0.752. The molecule has 0 atom stereocenters. The van der Waals surface area contributed by atoms with E-state index in [1.54, 1.807) is 11.6 Å². The lowest BCUT2D eigenvalue weighted by atomic mass is 9.78. The van der Waals surface area contributed by atoms with Crippen molar-refractivity contribution in [2.24, 2.45) is 12.8 Å². The second kappa shape index (κ2) is 3.83. The van der Waals surface area contributed by atoms with E-state index in [0.29, 0.717) is 0 Å². The zero-order valence-corrected chi connectivity index (χ0v) is 10.00. The van der Waals surface area contributed by atoms with Gasteiger partial charge in [0.05, 0.1) is 6.33 Å². The van der Waals surface area contributed by atoms with Crippen LogP contribution in [0.15, 0.2) is 17.6 Å². The Morgan fingerprint density at radius 1 is 1.62 bits per heavy atom. The summed E-state index contributed by atoms with van der Waals surface area (Å²) in [5.74, 6) is 0. The fourth-order valence-corrected chi connectivity index (χ4v) is 2.76. The van der Waals surface area contributed by atoms with Crippen molar-refractivity contribution in [1.82, 2.24) is 14.3 Å². The van der Waals surface area contributed by atoms with Gasteiger partial charge in [-0.25, -0.2) is 18.1 Å². The average molecular weight is 244 g/mol. The number of hydrogen-bond donors (Lipinski definition) is 2. The number of imidazole rings is 1. The van der Waals surface area contributed by atoms with Crippen LogP contribution in [0.1, 0.15) is 19.3 Å². The standard InChI is InChI=1S/C9H16N4O2S/c1-13-5-8(11-7-13)16(14,15)12-6-9(10)3-2-4-9/h5,7,12H,2-4,6,10H2,1H3. The van der Waals surface area contributed by atoms with E-state index in [-0.39, 0.29) is 17.1 Å². The number of aryl methyl sites for hydroxylation is 1. The number of rotatable bonds is 4. The van der Waals surface area contributed by atoms with Crippen molar-refractivity contribution >= 4 is 10.0 Å². The molecule has 0 bridgehead atoms. The minimum Gasteiger partial charge on any atom is -0.339 e. The fraction of sp³-hybridized carbons (Fsp3) is 0.667. The molecule has 6 nitrogen and oxygen atoms in total. The minimum atomic E-state index is -3.51. The number of hydrogen-bond acceptors (Lipinski definition) is 4. The maximum Gasteiger partial charge on any atom is 0.259 e. The van der Waals surface area contributed by atoms with E-state index in [9.17, 15) is 8.42 Å². The predicted octanol–water partition coefficient (Wildman–Crippen LogP) is -0.420. The first-order chi connectivity index (χ1) is 7.41. The number of sulfonamides is 1. The molecular weight excluding hydrogens is 228 g/mol. The van der Waals surface area contributed by atoms with Gasteiger partial charge in [0.15, 0.2) is 5.03 Å². The summed E-state index contributed by atoms with van der Waals surface area (Å²) >= 11 is 0. The van der Waals surface area contributed by atoms with Crippen molar-refractivity contribution in [3.8, 4) is 0 Å². The smallest absolute Gasteiger partial charge is 0.259 e. The first kappa shape index (κ1) is 11.6. The largest absolute Gasteiger partial charge is 0.339 e. The van der Waals surface area contributed by atoms with Crippen molar-refractivity contribution in [3.63, 3.8) is 0 Å². The van der Waals surface area contributed by atoms with Gasteiger partial charge in [-0.1, -0.05) is 0 Å². The molecular formula is C9H16N4O2S. The van der Waals surface area contributed by atoms with E-state index in [1.165, 1.54) is 12.5 Å². The maximum atomic E-state index is 11.8. The molecule has 1 fully saturated rings. The highest BCUT2D eigenvalue weighted by atomic mass is 32.2. The van der Waals surface area contributed by atoms with E-state index in [0.717, 1.165) is 19.3 Å². The number of aromatic nitrogens is 2. The van der Waals surface area contributed by atoms with Gasteiger partial charge < -0.3 is 10.3 Å². The van der Waals surface area contributed by atoms with E-state index >= 15 is 0 Å². The lowest BCUT2D eigenvalue weighted by molar-refractivity contribution is 0.251. The van der Waals surface area contributed by atoms with Crippen LogP contribution >= 0.6 is 0 Å². The fourth-order valence-electron chi connectivity index (χ4n) is 1.65. The zero-order chi connectivity index (χ0) is 11.8. The van der Waals surface area contributed by atoms with Gasteiger partial charge in [0.2, 0.25) is 0 Å². The van der Waals surface area contributed by atoms with Gasteiger partial charge in [0.1, 0.15) is 0 Å². The molecule has 0 amide bonds. The third-order valence-electron chi connectivity index (χ3n) is 2.92. The molecule has 1 saturated carbocycles. The predicted molar refractivity (Wildman–Crippen MR) is 59.2 cm³/mol. The number of nitrogens with two attached hydrogens (primary N) is 1. The normalized spacial score (nSPS) is 19.4. The molecule has 1 aromatic rings. The summed E-state index contributed by atoms with van der Waals surface area (Å²) in [6.45, 7) is 0.284. The molecule has 3 N–H and O–H groups in total. The van der Waals surface area contributed by atoms with Crippen LogP contribution in [0.5, 0.6) is 0 Å². The third kappa shape index (κ3) is 2.26. The van der Waals surface area contributed by atoms with Crippen LogP contribution < -0.4 is 10.5 Å². The monoisotopic (exact) mass is 244 g/mol. The molecule has 0 saturated heterocycles. The summed E-state index contributed by atoms with van der Waals surface area (Å²) in [7, 11) is -1.79. The summed E-state index contributed by atoms with van der Waals surface area (Å²) in [5.41, 5.74) is 5.58. The van der Waals surface area contributed by atoms with E-state index in [2.05, 4.69) is 9.71 Å². The average Bonchev–Trinajstić information content (AvgIpc) is 2.60. The molecule has 1 heterocycles. The minimum absolute atomic E-state index is 0.0397. The molecule has 0 unspecified atom stereocenters. The summed E-state index contributed by atoms with van der Waals surface area (Å²) in [5, 5.41) is 0.0397. The Morgan fingerprint density at radius 2 is 2.31 bits per heavy atom. The second-order valence-electron chi connectivity index (χ2n) is 4.42. The van der Waals surface area contributed by atoms with Gasteiger partial charge in [0, 0.05) is 25.3 Å². The molecule has 0 radical (unpaired) electrons. The molecule has 7 heteroatoms. The van der Waals surface area contributed by atoms with Crippen molar-refractivity contribution in [2.45, 2.75) is 29.8 Å². The molecule has 1 aromatic heterocycles. The summed E-state index contributed by atoms with van der Waals surface area (Å²) < 4.78 is 27.7. The number of nitrogens with one attached hydrogen (secondary N) is 1. The highest BCUT2D eigenvalue weighted by Gasteiger charge is 2.34. The van der Waals surface area contributed by atoms with Gasteiger partial charge in [-0.3, -0.25) is 0 Å². The first-order valence-electron chi connectivity index (χ1n) is 5.18. The highest BCUT2D eigenvalue weighted by Crippen LogP contribution is 2.28. The third-order valence-corrected chi connectivity index (χ3v) is 4.21. The van der Waals surface area contributed by atoms with Crippen LogP contribution in [-0.4, -0.2) is 30.1 Å². The van der Waals surface area contributed by atoms with Crippen LogP contribution in [0.2, 0.25) is 0 Å². The van der Waals surface area contributed by atoms with E-state index < -0.39 is 10.0 Å². The Bertz CT molecular complexity index is 475. The van der Waals surface area contributed by atoms with Crippen LogP contribution in [0.3, 0.4) is 0 Å². The van der Waals surface area contributed by atoms with Crippen LogP contribution in [-0.2, 0) is 17.1 Å². The number of nitrogens with zero attached hydrogens (tertiary/aromatic N) is 2. The molecule has 2 rings (SSSR count). The van der Waals surface area contributed by atoms with Gasteiger partial charge in [-0.05, 0) is 19.3 Å². The van der Waals surface area contributed by atoms with Crippen LogP contribution in [0.25, 0.3) is 0 Å². The van der Waals surface area contributed by atoms with Crippen molar-refractivity contribution in [1.29, 1.82) is 0 Å². The molecule has 1 aliphatic rings. The van der Waals surface area contributed by atoms with Gasteiger partial charge >= 0.3 is 0 Å². The van der Waals surface area contributed by atoms with Crippen LogP contribution in [0.4, 0.5) is 0 Å². The Balaban J connectivity index is 2.03. The molecule has 1 aliphatic carbocycles. The molecule has 0 aliphatic heterocycles. The SMILES string of the molecule is Cn1cnc(S(=O)(=O)NCC2(N)CCC2)c1. The summed E-state index contributed by atoms with van der Waals surface area (Å²) in [4.78, 5) is 3.80. The lowest BCUT2D eigenvalue weighted by Crippen LogP contribution is -2.54. The summed E-state index contributed by atoms with van der Waals surface area (Å²) in [6.07, 6.45) is 5.74. The Labute approximate surface area is 94.9 Å². The zero-order valence-electron chi connectivity index (χ0n) is 9.18. The van der Waals surface area contributed by atoms with Gasteiger partial charge in [-0.2, -0.15) is 0 Å². The molecule has 0 aromatic carbocycles. The highest BCUT2D eigenvalue weighted by molar-refractivity contribution is 7.89. The topological polar surface area (TPSA) is 90.0 Å². The van der Waals surface area contributed by atoms with Gasteiger partial charge in [-0.15, -0.1) is 0 Å². The first-order valence-corrected chi connectivity index (χ1v) is 6.66. The molecule has 90 valence electrons. The Kier molecular flexibility index (Phi) is 2.77. The molecule has 16 heavy (non-hydrogen) atoms.